The van der Waals surface area contributed by atoms with Crippen molar-refractivity contribution in [3.63, 3.8) is 0 Å². The molecule has 3 aromatic rings. The first-order chi connectivity index (χ1) is 16.4. The van der Waals surface area contributed by atoms with Gasteiger partial charge in [0.1, 0.15) is 5.75 Å². The quantitative estimate of drug-likeness (QED) is 0.324. The Labute approximate surface area is 195 Å². The van der Waals surface area contributed by atoms with E-state index in [1.54, 1.807) is 18.2 Å². The number of nitro groups is 1. The van der Waals surface area contributed by atoms with Crippen molar-refractivity contribution < 1.29 is 32.1 Å². The smallest absolute Gasteiger partial charge is 0.312 e. The molecule has 34 heavy (non-hydrogen) atoms. The van der Waals surface area contributed by atoms with Gasteiger partial charge in [-0.25, -0.2) is 8.42 Å². The molecule has 1 saturated heterocycles. The molecule has 13 heteroatoms. The number of benzene rings is 2. The SMILES string of the molecule is CCOc1ccccc1-c1noc(COc2ccc(S(=O)(=O)N3CCOCC3)cc2[N+](=O)[O-])n1. The van der Waals surface area contributed by atoms with Gasteiger partial charge in [-0.3, -0.25) is 10.1 Å². The number of morpholine rings is 1. The van der Waals surface area contributed by atoms with Gasteiger partial charge in [-0.1, -0.05) is 17.3 Å². The van der Waals surface area contributed by atoms with E-state index in [2.05, 4.69) is 10.1 Å². The van der Waals surface area contributed by atoms with Crippen molar-refractivity contribution in [1.82, 2.24) is 14.4 Å². The molecular formula is C21H22N4O8S. The van der Waals surface area contributed by atoms with Gasteiger partial charge in [0.2, 0.25) is 15.8 Å². The molecule has 1 aliphatic rings. The summed E-state index contributed by atoms with van der Waals surface area (Å²) in [6, 6.07) is 10.7. The van der Waals surface area contributed by atoms with Crippen LogP contribution in [0.3, 0.4) is 0 Å². The monoisotopic (exact) mass is 490 g/mol. The van der Waals surface area contributed by atoms with Crippen LogP contribution in [0.25, 0.3) is 11.4 Å². The first-order valence-electron chi connectivity index (χ1n) is 10.4. The van der Waals surface area contributed by atoms with Gasteiger partial charge in [-0.15, -0.1) is 0 Å². The number of nitrogens with zero attached hydrogens (tertiary/aromatic N) is 4. The lowest BCUT2D eigenvalue weighted by Crippen LogP contribution is -2.40. The summed E-state index contributed by atoms with van der Waals surface area (Å²) < 4.78 is 48.4. The number of rotatable bonds is 9. The molecule has 2 aromatic carbocycles. The van der Waals surface area contributed by atoms with Gasteiger partial charge in [0, 0.05) is 19.2 Å². The van der Waals surface area contributed by atoms with Crippen molar-refractivity contribution in [2.75, 3.05) is 32.9 Å². The van der Waals surface area contributed by atoms with Crippen molar-refractivity contribution in [3.8, 4) is 22.9 Å². The third-order valence-electron chi connectivity index (χ3n) is 4.98. The molecule has 180 valence electrons. The van der Waals surface area contributed by atoms with Gasteiger partial charge in [0.25, 0.3) is 5.89 Å². The number of aromatic nitrogens is 2. The van der Waals surface area contributed by atoms with Crippen LogP contribution < -0.4 is 9.47 Å². The molecule has 0 amide bonds. The van der Waals surface area contributed by atoms with Crippen molar-refractivity contribution in [2.45, 2.75) is 18.4 Å². The van der Waals surface area contributed by atoms with Crippen LogP contribution in [0.15, 0.2) is 51.9 Å². The summed E-state index contributed by atoms with van der Waals surface area (Å²) in [4.78, 5) is 15.0. The highest BCUT2D eigenvalue weighted by Gasteiger charge is 2.29. The van der Waals surface area contributed by atoms with Gasteiger partial charge in [0.05, 0.1) is 35.2 Å². The highest BCUT2D eigenvalue weighted by Crippen LogP contribution is 2.32. The minimum Gasteiger partial charge on any atom is -0.493 e. The fourth-order valence-electron chi connectivity index (χ4n) is 3.35. The van der Waals surface area contributed by atoms with Crippen molar-refractivity contribution >= 4 is 15.7 Å². The number of nitro benzene ring substituents is 1. The Balaban J connectivity index is 1.52. The van der Waals surface area contributed by atoms with E-state index in [9.17, 15) is 18.5 Å². The standard InChI is InChI=1S/C21H22N4O8S/c1-2-31-18-6-4-3-5-16(18)21-22-20(33-23-21)14-32-19-8-7-15(13-17(19)25(26)27)34(28,29)24-9-11-30-12-10-24/h3-8,13H,2,9-12,14H2,1H3. The van der Waals surface area contributed by atoms with Crippen LogP contribution in [0.2, 0.25) is 0 Å². The number of hydrogen-bond donors (Lipinski definition) is 0. The third-order valence-corrected chi connectivity index (χ3v) is 6.88. The highest BCUT2D eigenvalue weighted by molar-refractivity contribution is 7.89. The highest BCUT2D eigenvalue weighted by atomic mass is 32.2. The molecule has 0 aliphatic carbocycles. The van der Waals surface area contributed by atoms with Gasteiger partial charge >= 0.3 is 5.69 Å². The summed E-state index contributed by atoms with van der Waals surface area (Å²) in [5, 5.41) is 15.5. The zero-order valence-corrected chi connectivity index (χ0v) is 19.1. The Hall–Kier alpha value is -3.55. The van der Waals surface area contributed by atoms with Crippen molar-refractivity contribution in [1.29, 1.82) is 0 Å². The maximum atomic E-state index is 12.8. The van der Waals surface area contributed by atoms with E-state index in [1.807, 2.05) is 13.0 Å². The van der Waals surface area contributed by atoms with E-state index < -0.39 is 20.6 Å². The number of ether oxygens (including phenoxy) is 3. The molecule has 4 rings (SSSR count). The second-order valence-corrected chi connectivity index (χ2v) is 9.07. The normalized spacial score (nSPS) is 14.6. The Morgan fingerprint density at radius 3 is 2.62 bits per heavy atom. The lowest BCUT2D eigenvalue weighted by molar-refractivity contribution is -0.386. The molecule has 0 atom stereocenters. The van der Waals surface area contributed by atoms with E-state index >= 15 is 0 Å². The van der Waals surface area contributed by atoms with Crippen LogP contribution in [0.1, 0.15) is 12.8 Å². The zero-order valence-electron chi connectivity index (χ0n) is 18.2. The molecule has 1 aromatic heterocycles. The maximum absolute atomic E-state index is 12.8. The van der Waals surface area contributed by atoms with Crippen LogP contribution in [-0.2, 0) is 21.4 Å². The van der Waals surface area contributed by atoms with Crippen LogP contribution in [0.5, 0.6) is 11.5 Å². The minimum atomic E-state index is -3.90. The summed E-state index contributed by atoms with van der Waals surface area (Å²) in [7, 11) is -3.90. The lowest BCUT2D eigenvalue weighted by atomic mass is 10.2. The first-order valence-corrected chi connectivity index (χ1v) is 11.9. The van der Waals surface area contributed by atoms with E-state index in [0.717, 1.165) is 6.07 Å². The molecule has 0 radical (unpaired) electrons. The Morgan fingerprint density at radius 1 is 1.12 bits per heavy atom. The van der Waals surface area contributed by atoms with Gasteiger partial charge < -0.3 is 18.7 Å². The van der Waals surface area contributed by atoms with Crippen LogP contribution >= 0.6 is 0 Å². The van der Waals surface area contributed by atoms with Gasteiger partial charge in [-0.05, 0) is 31.2 Å². The molecular weight excluding hydrogens is 468 g/mol. The molecule has 1 aliphatic heterocycles. The fourth-order valence-corrected chi connectivity index (χ4v) is 4.78. The summed E-state index contributed by atoms with van der Waals surface area (Å²) >= 11 is 0. The molecule has 0 spiro atoms. The lowest BCUT2D eigenvalue weighted by Gasteiger charge is -2.26. The Kier molecular flexibility index (Phi) is 7.05. The van der Waals surface area contributed by atoms with E-state index in [-0.39, 0.29) is 55.3 Å². The molecule has 2 heterocycles. The molecule has 0 bridgehead atoms. The molecule has 0 unspecified atom stereocenters. The Bertz CT molecular complexity index is 1270. The van der Waals surface area contributed by atoms with E-state index in [0.29, 0.717) is 17.9 Å². The summed E-state index contributed by atoms with van der Waals surface area (Å²) in [6.45, 7) is 2.97. The summed E-state index contributed by atoms with van der Waals surface area (Å²) in [6.07, 6.45) is 0. The number of sulfonamides is 1. The van der Waals surface area contributed by atoms with Crippen molar-refractivity contribution in [2.24, 2.45) is 0 Å². The molecule has 12 nitrogen and oxygen atoms in total. The van der Waals surface area contributed by atoms with Crippen LogP contribution in [-0.4, -0.2) is 60.7 Å². The number of para-hydroxylation sites is 1. The van der Waals surface area contributed by atoms with Gasteiger partial charge in [0.15, 0.2) is 12.4 Å². The zero-order chi connectivity index (χ0) is 24.1. The predicted molar refractivity (Wildman–Crippen MR) is 118 cm³/mol. The van der Waals surface area contributed by atoms with E-state index in [1.165, 1.54) is 16.4 Å². The van der Waals surface area contributed by atoms with Crippen LogP contribution in [0, 0.1) is 10.1 Å². The largest absolute Gasteiger partial charge is 0.493 e. The fraction of sp³-hybridized carbons (Fsp3) is 0.333. The average molecular weight is 490 g/mol. The number of hydrogen-bond acceptors (Lipinski definition) is 10. The third kappa shape index (κ3) is 5.00. The molecule has 0 saturated carbocycles. The molecule has 1 fully saturated rings. The summed E-state index contributed by atoms with van der Waals surface area (Å²) in [5.41, 5.74) is 0.138. The second kappa shape index (κ2) is 10.2. The molecule has 0 N–H and O–H groups in total. The minimum absolute atomic E-state index is 0.0839. The van der Waals surface area contributed by atoms with Crippen LogP contribution in [0.4, 0.5) is 5.69 Å². The Morgan fingerprint density at radius 2 is 1.88 bits per heavy atom. The summed E-state index contributed by atoms with van der Waals surface area (Å²) in [5.74, 6) is 0.830. The second-order valence-electron chi connectivity index (χ2n) is 7.13. The van der Waals surface area contributed by atoms with Gasteiger partial charge in [-0.2, -0.15) is 9.29 Å². The topological polar surface area (TPSA) is 147 Å². The van der Waals surface area contributed by atoms with Crippen molar-refractivity contribution in [3.05, 3.63) is 58.5 Å². The first kappa shape index (κ1) is 23.6. The predicted octanol–water partition coefficient (Wildman–Crippen LogP) is 2.64. The maximum Gasteiger partial charge on any atom is 0.312 e. The average Bonchev–Trinajstić information content (AvgIpc) is 3.32. The van der Waals surface area contributed by atoms with E-state index in [4.69, 9.17) is 18.7 Å².